The number of rotatable bonds is 3. The summed E-state index contributed by atoms with van der Waals surface area (Å²) in [6.45, 7) is 6.36. The summed E-state index contributed by atoms with van der Waals surface area (Å²) in [6.07, 6.45) is 2.79. The zero-order chi connectivity index (χ0) is 10.8. The van der Waals surface area contributed by atoms with Gasteiger partial charge < -0.3 is 10.1 Å². The first kappa shape index (κ1) is 10.9. The van der Waals surface area contributed by atoms with Crippen molar-refractivity contribution in [3.05, 3.63) is 0 Å². The number of hydrogen-bond acceptors (Lipinski definition) is 3. The van der Waals surface area contributed by atoms with Crippen LogP contribution >= 0.6 is 0 Å². The van der Waals surface area contributed by atoms with Gasteiger partial charge in [0.1, 0.15) is 0 Å². The average molecular weight is 212 g/mol. The molecule has 86 valence electrons. The van der Waals surface area contributed by atoms with E-state index in [1.165, 1.54) is 0 Å². The van der Waals surface area contributed by atoms with Gasteiger partial charge in [0.2, 0.25) is 5.91 Å². The van der Waals surface area contributed by atoms with E-state index < -0.39 is 0 Å². The normalized spacial score (nSPS) is 32.7. The van der Waals surface area contributed by atoms with Crippen LogP contribution in [0.1, 0.15) is 26.7 Å². The van der Waals surface area contributed by atoms with Gasteiger partial charge >= 0.3 is 0 Å². The van der Waals surface area contributed by atoms with Crippen LogP contribution in [0, 0.1) is 0 Å². The standard InChI is InChI=1S/C11H20N2O2/c1-8-5-13(6-9(2)15-8)7-11(14)12-10-3-4-10/h8-10H,3-7H2,1-2H3,(H,12,14)/t8-,9-/m1/s1. The van der Waals surface area contributed by atoms with Crippen molar-refractivity contribution in [1.82, 2.24) is 10.2 Å². The molecular formula is C11H20N2O2. The number of morpholine rings is 1. The van der Waals surface area contributed by atoms with E-state index in [0.29, 0.717) is 12.6 Å². The summed E-state index contributed by atoms with van der Waals surface area (Å²) in [6, 6.07) is 0.466. The number of carbonyl (C=O) groups excluding carboxylic acids is 1. The van der Waals surface area contributed by atoms with Crippen LogP contribution in [0.15, 0.2) is 0 Å². The van der Waals surface area contributed by atoms with Gasteiger partial charge in [-0.1, -0.05) is 0 Å². The molecule has 1 saturated heterocycles. The molecule has 1 amide bonds. The molecule has 1 heterocycles. The quantitative estimate of drug-likeness (QED) is 0.735. The van der Waals surface area contributed by atoms with Gasteiger partial charge in [0.25, 0.3) is 0 Å². The van der Waals surface area contributed by atoms with Gasteiger partial charge in [-0.15, -0.1) is 0 Å². The second kappa shape index (κ2) is 4.49. The highest BCUT2D eigenvalue weighted by Gasteiger charge is 2.27. The summed E-state index contributed by atoms with van der Waals surface area (Å²) in [7, 11) is 0. The molecule has 4 heteroatoms. The predicted molar refractivity (Wildman–Crippen MR) is 57.6 cm³/mol. The van der Waals surface area contributed by atoms with Crippen molar-refractivity contribution in [3.8, 4) is 0 Å². The third kappa shape index (κ3) is 3.47. The number of amides is 1. The molecule has 1 aliphatic carbocycles. The average Bonchev–Trinajstić information content (AvgIpc) is 2.85. The summed E-state index contributed by atoms with van der Waals surface area (Å²) in [5.41, 5.74) is 0. The first-order valence-electron chi connectivity index (χ1n) is 5.80. The fourth-order valence-corrected chi connectivity index (χ4v) is 2.12. The highest BCUT2D eigenvalue weighted by molar-refractivity contribution is 5.78. The molecule has 1 N–H and O–H groups in total. The molecule has 0 radical (unpaired) electrons. The van der Waals surface area contributed by atoms with Gasteiger partial charge in [0, 0.05) is 19.1 Å². The lowest BCUT2D eigenvalue weighted by Crippen LogP contribution is -2.49. The molecule has 4 nitrogen and oxygen atoms in total. The van der Waals surface area contributed by atoms with Crippen LogP contribution in [0.25, 0.3) is 0 Å². The maximum absolute atomic E-state index is 11.6. The summed E-state index contributed by atoms with van der Waals surface area (Å²) in [5, 5.41) is 3.01. The van der Waals surface area contributed by atoms with E-state index in [4.69, 9.17) is 4.74 Å². The van der Waals surface area contributed by atoms with E-state index in [2.05, 4.69) is 24.1 Å². The zero-order valence-electron chi connectivity index (χ0n) is 9.53. The Bertz CT molecular complexity index is 231. The van der Waals surface area contributed by atoms with Crippen LogP contribution < -0.4 is 5.32 Å². The van der Waals surface area contributed by atoms with E-state index in [1.807, 2.05) is 0 Å². The molecule has 2 atom stereocenters. The monoisotopic (exact) mass is 212 g/mol. The predicted octanol–water partition coefficient (Wildman–Crippen LogP) is 0.374. The number of nitrogens with zero attached hydrogens (tertiary/aromatic N) is 1. The molecule has 2 fully saturated rings. The van der Waals surface area contributed by atoms with Crippen molar-refractivity contribution in [2.75, 3.05) is 19.6 Å². The van der Waals surface area contributed by atoms with E-state index in [-0.39, 0.29) is 18.1 Å². The largest absolute Gasteiger partial charge is 0.373 e. The first-order valence-corrected chi connectivity index (χ1v) is 5.80. The molecule has 0 aromatic rings. The maximum atomic E-state index is 11.6. The van der Waals surface area contributed by atoms with Crippen LogP contribution in [0.5, 0.6) is 0 Å². The zero-order valence-corrected chi connectivity index (χ0v) is 9.53. The number of hydrogen-bond donors (Lipinski definition) is 1. The lowest BCUT2D eigenvalue weighted by atomic mass is 10.2. The Morgan fingerprint density at radius 1 is 1.33 bits per heavy atom. The van der Waals surface area contributed by atoms with Gasteiger partial charge in [0.15, 0.2) is 0 Å². The maximum Gasteiger partial charge on any atom is 0.234 e. The Morgan fingerprint density at radius 2 is 1.93 bits per heavy atom. The van der Waals surface area contributed by atoms with Crippen LogP contribution in [-0.4, -0.2) is 48.7 Å². The second-order valence-electron chi connectivity index (χ2n) is 4.79. The highest BCUT2D eigenvalue weighted by Crippen LogP contribution is 2.18. The van der Waals surface area contributed by atoms with Crippen molar-refractivity contribution in [2.45, 2.75) is 44.9 Å². The van der Waals surface area contributed by atoms with E-state index in [9.17, 15) is 4.79 Å². The van der Waals surface area contributed by atoms with Crippen LogP contribution in [0.4, 0.5) is 0 Å². The Balaban J connectivity index is 1.74. The Labute approximate surface area is 91.0 Å². The molecule has 1 aliphatic heterocycles. The Hall–Kier alpha value is -0.610. The van der Waals surface area contributed by atoms with Gasteiger partial charge in [0.05, 0.1) is 18.8 Å². The first-order chi connectivity index (χ1) is 7.13. The van der Waals surface area contributed by atoms with E-state index in [0.717, 1.165) is 25.9 Å². The molecule has 15 heavy (non-hydrogen) atoms. The van der Waals surface area contributed by atoms with Crippen molar-refractivity contribution in [1.29, 1.82) is 0 Å². The van der Waals surface area contributed by atoms with Crippen molar-refractivity contribution in [3.63, 3.8) is 0 Å². The van der Waals surface area contributed by atoms with Crippen LogP contribution in [-0.2, 0) is 9.53 Å². The van der Waals surface area contributed by atoms with Gasteiger partial charge in [-0.3, -0.25) is 9.69 Å². The third-order valence-electron chi connectivity index (χ3n) is 2.80. The van der Waals surface area contributed by atoms with E-state index in [1.54, 1.807) is 0 Å². The van der Waals surface area contributed by atoms with Crippen molar-refractivity contribution < 1.29 is 9.53 Å². The Kier molecular flexibility index (Phi) is 3.26. The highest BCUT2D eigenvalue weighted by atomic mass is 16.5. The molecule has 0 aromatic heterocycles. The van der Waals surface area contributed by atoms with E-state index >= 15 is 0 Å². The van der Waals surface area contributed by atoms with Gasteiger partial charge in [-0.2, -0.15) is 0 Å². The second-order valence-corrected chi connectivity index (χ2v) is 4.79. The van der Waals surface area contributed by atoms with Crippen molar-refractivity contribution in [2.24, 2.45) is 0 Å². The Morgan fingerprint density at radius 3 is 2.47 bits per heavy atom. The van der Waals surface area contributed by atoms with Crippen LogP contribution in [0.3, 0.4) is 0 Å². The third-order valence-corrected chi connectivity index (χ3v) is 2.80. The molecular weight excluding hydrogens is 192 g/mol. The molecule has 0 aromatic carbocycles. The number of nitrogens with one attached hydrogen (secondary N) is 1. The summed E-state index contributed by atoms with van der Waals surface area (Å²) in [4.78, 5) is 13.8. The van der Waals surface area contributed by atoms with Crippen LogP contribution in [0.2, 0.25) is 0 Å². The summed E-state index contributed by atoms with van der Waals surface area (Å²) in [5.74, 6) is 0.166. The minimum Gasteiger partial charge on any atom is -0.373 e. The SMILES string of the molecule is C[C@@H]1CN(CC(=O)NC2CC2)C[C@@H](C)O1. The molecule has 1 saturated carbocycles. The molecule has 2 rings (SSSR count). The molecule has 0 spiro atoms. The molecule has 0 bridgehead atoms. The fourth-order valence-electron chi connectivity index (χ4n) is 2.12. The smallest absolute Gasteiger partial charge is 0.234 e. The van der Waals surface area contributed by atoms with Crippen molar-refractivity contribution >= 4 is 5.91 Å². The van der Waals surface area contributed by atoms with Gasteiger partial charge in [-0.05, 0) is 26.7 Å². The topological polar surface area (TPSA) is 41.6 Å². The number of carbonyl (C=O) groups is 1. The minimum absolute atomic E-state index is 0.166. The minimum atomic E-state index is 0.166. The van der Waals surface area contributed by atoms with Gasteiger partial charge in [-0.25, -0.2) is 0 Å². The lowest BCUT2D eigenvalue weighted by Gasteiger charge is -2.34. The fraction of sp³-hybridized carbons (Fsp3) is 0.909. The molecule has 0 unspecified atom stereocenters. The molecule has 2 aliphatic rings. The summed E-state index contributed by atoms with van der Waals surface area (Å²) >= 11 is 0. The lowest BCUT2D eigenvalue weighted by molar-refractivity contribution is -0.126. The number of ether oxygens (including phenoxy) is 1. The summed E-state index contributed by atoms with van der Waals surface area (Å²) < 4.78 is 5.62.